The minimum Gasteiger partial charge on any atom is -0.481 e. The Labute approximate surface area is 151 Å². The van der Waals surface area contributed by atoms with Gasteiger partial charge in [0.25, 0.3) is 0 Å². The molecule has 0 aromatic carbocycles. The molecule has 0 bridgehead atoms. The molecule has 1 saturated heterocycles. The standard InChI is InChI=1S/C20H32N2O3/c1-14-12-17(18(20(24)25)13-15(14)2)19(23)22-10-8-21(9-11-22)16-6-4-3-5-7-16/h16-18H,3-13H2,1-2H3,(H,24,25)/t17-,18+/m1/s1. The molecule has 0 spiro atoms. The molecule has 3 aliphatic rings. The molecule has 2 fully saturated rings. The molecule has 5 heteroatoms. The lowest BCUT2D eigenvalue weighted by Crippen LogP contribution is -2.54. The third kappa shape index (κ3) is 4.08. The number of carbonyl (C=O) groups is 2. The van der Waals surface area contributed by atoms with E-state index < -0.39 is 11.9 Å². The third-order valence-corrected chi connectivity index (χ3v) is 6.62. The minimum atomic E-state index is -0.828. The van der Waals surface area contributed by atoms with Crippen molar-refractivity contribution in [3.05, 3.63) is 11.1 Å². The number of piperazine rings is 1. The maximum absolute atomic E-state index is 13.0. The quantitative estimate of drug-likeness (QED) is 0.797. The Kier molecular flexibility index (Phi) is 5.82. The van der Waals surface area contributed by atoms with Crippen LogP contribution >= 0.6 is 0 Å². The van der Waals surface area contributed by atoms with Gasteiger partial charge in [-0.2, -0.15) is 0 Å². The number of allylic oxidation sites excluding steroid dienone is 2. The second kappa shape index (κ2) is 7.90. The largest absolute Gasteiger partial charge is 0.481 e. The normalized spacial score (nSPS) is 29.8. The van der Waals surface area contributed by atoms with Crippen LogP contribution in [0.1, 0.15) is 58.8 Å². The molecule has 1 amide bonds. The van der Waals surface area contributed by atoms with E-state index in [9.17, 15) is 14.7 Å². The van der Waals surface area contributed by atoms with Gasteiger partial charge < -0.3 is 10.0 Å². The zero-order chi connectivity index (χ0) is 18.0. The van der Waals surface area contributed by atoms with Gasteiger partial charge in [-0.3, -0.25) is 14.5 Å². The number of hydrogen-bond acceptors (Lipinski definition) is 3. The zero-order valence-electron chi connectivity index (χ0n) is 15.7. The molecule has 0 radical (unpaired) electrons. The monoisotopic (exact) mass is 348 g/mol. The highest BCUT2D eigenvalue weighted by molar-refractivity contribution is 5.85. The lowest BCUT2D eigenvalue weighted by atomic mass is 9.76. The summed E-state index contributed by atoms with van der Waals surface area (Å²) in [6.07, 6.45) is 7.72. The summed E-state index contributed by atoms with van der Waals surface area (Å²) in [5.74, 6) is -1.72. The molecule has 0 unspecified atom stereocenters. The molecule has 1 N–H and O–H groups in total. The smallest absolute Gasteiger partial charge is 0.307 e. The molecule has 2 atom stereocenters. The van der Waals surface area contributed by atoms with Crippen LogP contribution in [0, 0.1) is 11.8 Å². The minimum absolute atomic E-state index is 0.0579. The lowest BCUT2D eigenvalue weighted by molar-refractivity contribution is -0.151. The van der Waals surface area contributed by atoms with E-state index in [4.69, 9.17) is 0 Å². The number of amides is 1. The Balaban J connectivity index is 1.60. The second-order valence-corrected chi connectivity index (χ2v) is 8.17. The number of carbonyl (C=O) groups excluding carboxylic acids is 1. The van der Waals surface area contributed by atoms with Crippen LogP contribution in [0.4, 0.5) is 0 Å². The summed E-state index contributed by atoms with van der Waals surface area (Å²) in [6.45, 7) is 7.41. The molecule has 140 valence electrons. The molecular weight excluding hydrogens is 316 g/mol. The first-order valence-electron chi connectivity index (χ1n) is 9.88. The van der Waals surface area contributed by atoms with Gasteiger partial charge in [-0.15, -0.1) is 0 Å². The van der Waals surface area contributed by atoms with Crippen LogP contribution in [0.25, 0.3) is 0 Å². The van der Waals surface area contributed by atoms with Gasteiger partial charge in [-0.1, -0.05) is 30.4 Å². The van der Waals surface area contributed by atoms with Gasteiger partial charge in [0.2, 0.25) is 5.91 Å². The predicted molar refractivity (Wildman–Crippen MR) is 97.2 cm³/mol. The molecule has 1 saturated carbocycles. The number of aliphatic carboxylic acids is 1. The number of carboxylic acid groups (broad SMARTS) is 1. The summed E-state index contributed by atoms with van der Waals surface area (Å²) in [4.78, 5) is 29.2. The van der Waals surface area contributed by atoms with E-state index in [1.807, 2.05) is 18.7 Å². The van der Waals surface area contributed by atoms with Crippen molar-refractivity contribution in [2.24, 2.45) is 11.8 Å². The van der Waals surface area contributed by atoms with E-state index in [0.717, 1.165) is 31.8 Å². The van der Waals surface area contributed by atoms with E-state index in [-0.39, 0.29) is 11.8 Å². The second-order valence-electron chi connectivity index (χ2n) is 8.17. The summed E-state index contributed by atoms with van der Waals surface area (Å²) < 4.78 is 0. The molecule has 2 aliphatic carbocycles. The topological polar surface area (TPSA) is 60.9 Å². The van der Waals surface area contributed by atoms with E-state index in [0.29, 0.717) is 18.9 Å². The number of hydrogen-bond donors (Lipinski definition) is 1. The van der Waals surface area contributed by atoms with Gasteiger partial charge in [-0.25, -0.2) is 0 Å². The molecule has 1 heterocycles. The Morgan fingerprint density at radius 2 is 1.44 bits per heavy atom. The molecule has 0 aromatic rings. The van der Waals surface area contributed by atoms with Crippen LogP contribution < -0.4 is 0 Å². The van der Waals surface area contributed by atoms with Crippen molar-refractivity contribution in [3.8, 4) is 0 Å². The van der Waals surface area contributed by atoms with Gasteiger partial charge in [0.1, 0.15) is 0 Å². The van der Waals surface area contributed by atoms with Crippen LogP contribution in [0.5, 0.6) is 0 Å². The average molecular weight is 348 g/mol. The summed E-state index contributed by atoms with van der Waals surface area (Å²) >= 11 is 0. The fourth-order valence-corrected chi connectivity index (χ4v) is 4.80. The van der Waals surface area contributed by atoms with Gasteiger partial charge in [0, 0.05) is 32.2 Å². The predicted octanol–water partition coefficient (Wildman–Crippen LogP) is 2.91. The van der Waals surface area contributed by atoms with Crippen molar-refractivity contribution in [3.63, 3.8) is 0 Å². The fraction of sp³-hybridized carbons (Fsp3) is 0.800. The number of carboxylic acids is 1. The molecule has 1 aliphatic heterocycles. The fourth-order valence-electron chi connectivity index (χ4n) is 4.80. The SMILES string of the molecule is CC1=C(C)C[C@@H](C(=O)N2CCN(C3CCCCC3)CC2)[C@@H](C(=O)O)C1. The van der Waals surface area contributed by atoms with Crippen LogP contribution in [0.3, 0.4) is 0 Å². The van der Waals surface area contributed by atoms with Crippen molar-refractivity contribution in [1.29, 1.82) is 0 Å². The maximum Gasteiger partial charge on any atom is 0.307 e. The first kappa shape index (κ1) is 18.4. The Hall–Kier alpha value is -1.36. The Morgan fingerprint density at radius 1 is 0.880 bits per heavy atom. The molecule has 3 rings (SSSR count). The van der Waals surface area contributed by atoms with E-state index >= 15 is 0 Å². The van der Waals surface area contributed by atoms with Crippen molar-refractivity contribution < 1.29 is 14.7 Å². The highest BCUT2D eigenvalue weighted by Crippen LogP contribution is 2.35. The number of nitrogens with zero attached hydrogens (tertiary/aromatic N) is 2. The third-order valence-electron chi connectivity index (χ3n) is 6.62. The van der Waals surface area contributed by atoms with Crippen LogP contribution in [-0.4, -0.2) is 59.0 Å². The highest BCUT2D eigenvalue weighted by Gasteiger charge is 2.40. The van der Waals surface area contributed by atoms with Crippen LogP contribution in [0.15, 0.2) is 11.1 Å². The van der Waals surface area contributed by atoms with Gasteiger partial charge in [0.05, 0.1) is 11.8 Å². The Morgan fingerprint density at radius 3 is 2.00 bits per heavy atom. The van der Waals surface area contributed by atoms with Gasteiger partial charge in [-0.05, 0) is 39.5 Å². The van der Waals surface area contributed by atoms with Crippen molar-refractivity contribution in [2.45, 2.75) is 64.8 Å². The Bertz CT molecular complexity index is 543. The van der Waals surface area contributed by atoms with Gasteiger partial charge >= 0.3 is 5.97 Å². The first-order chi connectivity index (χ1) is 12.0. The van der Waals surface area contributed by atoms with Crippen molar-refractivity contribution in [1.82, 2.24) is 9.80 Å². The summed E-state index contributed by atoms with van der Waals surface area (Å²) in [6, 6.07) is 0.695. The van der Waals surface area contributed by atoms with Crippen LogP contribution in [0.2, 0.25) is 0 Å². The van der Waals surface area contributed by atoms with E-state index in [1.54, 1.807) is 0 Å². The molecule has 0 aromatic heterocycles. The summed E-state index contributed by atoms with van der Waals surface area (Å²) in [5.41, 5.74) is 2.33. The molecule has 25 heavy (non-hydrogen) atoms. The molecule has 5 nitrogen and oxygen atoms in total. The van der Waals surface area contributed by atoms with E-state index in [1.165, 1.54) is 37.7 Å². The maximum atomic E-state index is 13.0. The summed E-state index contributed by atoms with van der Waals surface area (Å²) in [7, 11) is 0. The summed E-state index contributed by atoms with van der Waals surface area (Å²) in [5, 5.41) is 9.57. The van der Waals surface area contributed by atoms with E-state index in [2.05, 4.69) is 4.90 Å². The molecular formula is C20H32N2O3. The lowest BCUT2D eigenvalue weighted by Gasteiger charge is -2.42. The first-order valence-corrected chi connectivity index (χ1v) is 9.88. The van der Waals surface area contributed by atoms with Crippen LogP contribution in [-0.2, 0) is 9.59 Å². The number of rotatable bonds is 3. The van der Waals surface area contributed by atoms with Crippen molar-refractivity contribution >= 4 is 11.9 Å². The zero-order valence-corrected chi connectivity index (χ0v) is 15.7. The van der Waals surface area contributed by atoms with Gasteiger partial charge in [0.15, 0.2) is 0 Å². The highest BCUT2D eigenvalue weighted by atomic mass is 16.4. The average Bonchev–Trinajstić information content (AvgIpc) is 2.63. The van der Waals surface area contributed by atoms with Crippen molar-refractivity contribution in [2.75, 3.05) is 26.2 Å².